The van der Waals surface area contributed by atoms with Crippen LogP contribution in [0.2, 0.25) is 0 Å². The van der Waals surface area contributed by atoms with Crippen LogP contribution in [-0.4, -0.2) is 24.5 Å². The van der Waals surface area contributed by atoms with Gasteiger partial charge >= 0.3 is 0 Å². The Morgan fingerprint density at radius 2 is 1.55 bits per heavy atom. The van der Waals surface area contributed by atoms with Crippen LogP contribution in [0.25, 0.3) is 5.57 Å². The summed E-state index contributed by atoms with van der Waals surface area (Å²) in [6.07, 6.45) is 0. The molecule has 2 aliphatic heterocycles. The van der Waals surface area contributed by atoms with Crippen LogP contribution in [0.15, 0.2) is 78.5 Å². The molecule has 0 unspecified atom stereocenters. The van der Waals surface area contributed by atoms with Crippen molar-refractivity contribution in [2.24, 2.45) is 0 Å². The summed E-state index contributed by atoms with van der Waals surface area (Å²) in [5, 5.41) is 5.78. The number of anilines is 3. The molecule has 0 saturated carbocycles. The van der Waals surface area contributed by atoms with E-state index in [9.17, 15) is 14.4 Å². The molecular formula is C25H19N3O5. The highest BCUT2D eigenvalue weighted by molar-refractivity contribution is 6.46. The number of rotatable bonds is 5. The summed E-state index contributed by atoms with van der Waals surface area (Å²) in [6, 6.07) is 20.8. The van der Waals surface area contributed by atoms with Gasteiger partial charge in [-0.3, -0.25) is 14.4 Å². The zero-order valence-electron chi connectivity index (χ0n) is 17.6. The Hall–Kier alpha value is -4.59. The lowest BCUT2D eigenvalue weighted by Crippen LogP contribution is -2.32. The minimum atomic E-state index is -0.483. The molecule has 2 N–H and O–H groups in total. The molecule has 0 atom stereocenters. The highest BCUT2D eigenvalue weighted by Crippen LogP contribution is 2.37. The van der Waals surface area contributed by atoms with E-state index in [4.69, 9.17) is 9.47 Å². The minimum Gasteiger partial charge on any atom is -0.454 e. The van der Waals surface area contributed by atoms with E-state index < -0.39 is 11.8 Å². The normalized spacial score (nSPS) is 14.6. The summed E-state index contributed by atoms with van der Waals surface area (Å²) < 4.78 is 10.8. The third-order valence-corrected chi connectivity index (χ3v) is 5.23. The first kappa shape index (κ1) is 20.3. The van der Waals surface area contributed by atoms with Gasteiger partial charge in [0.05, 0.1) is 11.3 Å². The zero-order valence-corrected chi connectivity index (χ0v) is 17.6. The average Bonchev–Trinajstić information content (AvgIpc) is 3.37. The number of nitrogens with one attached hydrogen (secondary N) is 2. The van der Waals surface area contributed by atoms with E-state index in [0.29, 0.717) is 34.1 Å². The number of carbonyl (C=O) groups is 3. The quantitative estimate of drug-likeness (QED) is 0.585. The van der Waals surface area contributed by atoms with Gasteiger partial charge in [-0.15, -0.1) is 0 Å². The molecule has 3 aromatic carbocycles. The van der Waals surface area contributed by atoms with Crippen molar-refractivity contribution < 1.29 is 23.9 Å². The molecule has 3 amide bonds. The molecule has 3 aromatic rings. The summed E-state index contributed by atoms with van der Waals surface area (Å²) in [7, 11) is 0. The van der Waals surface area contributed by atoms with Crippen molar-refractivity contribution in [3.63, 3.8) is 0 Å². The molecule has 0 bridgehead atoms. The lowest BCUT2D eigenvalue weighted by molar-refractivity contribution is -0.120. The van der Waals surface area contributed by atoms with E-state index in [2.05, 4.69) is 10.6 Å². The predicted molar refractivity (Wildman–Crippen MR) is 123 cm³/mol. The molecule has 0 spiro atoms. The van der Waals surface area contributed by atoms with Gasteiger partial charge in [0.15, 0.2) is 11.5 Å². The van der Waals surface area contributed by atoms with Crippen LogP contribution in [0.5, 0.6) is 11.5 Å². The van der Waals surface area contributed by atoms with Crippen molar-refractivity contribution in [3.8, 4) is 11.5 Å². The van der Waals surface area contributed by atoms with Gasteiger partial charge < -0.3 is 20.1 Å². The first-order chi connectivity index (χ1) is 16.0. The van der Waals surface area contributed by atoms with Gasteiger partial charge in [0.1, 0.15) is 5.70 Å². The number of ether oxygens (including phenoxy) is 2. The third-order valence-electron chi connectivity index (χ3n) is 5.23. The van der Waals surface area contributed by atoms with Gasteiger partial charge in [-0.25, -0.2) is 4.90 Å². The van der Waals surface area contributed by atoms with Crippen molar-refractivity contribution >= 4 is 40.4 Å². The Kier molecular flexibility index (Phi) is 5.02. The third kappa shape index (κ3) is 3.78. The number of carbonyl (C=O) groups excluding carboxylic acids is 3. The molecule has 0 radical (unpaired) electrons. The Bertz CT molecular complexity index is 1300. The van der Waals surface area contributed by atoms with E-state index in [0.717, 1.165) is 4.90 Å². The standard InChI is InChI=1S/C25H19N3O5/c1-15(29)26-17-7-10-19(11-8-17)28-24(30)22(16-5-3-2-4-6-16)23(25(28)31)27-18-9-12-20-21(13-18)33-14-32-20/h2-13,27H,14H2,1H3,(H,26,29). The van der Waals surface area contributed by atoms with Gasteiger partial charge in [0.2, 0.25) is 12.7 Å². The molecule has 8 nitrogen and oxygen atoms in total. The zero-order chi connectivity index (χ0) is 22.9. The number of imide groups is 1. The fourth-order valence-electron chi connectivity index (χ4n) is 3.77. The van der Waals surface area contributed by atoms with Crippen molar-refractivity contribution in [1.82, 2.24) is 0 Å². The highest BCUT2D eigenvalue weighted by atomic mass is 16.7. The lowest BCUT2D eigenvalue weighted by Gasteiger charge is -2.16. The van der Waals surface area contributed by atoms with Gasteiger partial charge in [-0.1, -0.05) is 30.3 Å². The Morgan fingerprint density at radius 3 is 2.27 bits per heavy atom. The van der Waals surface area contributed by atoms with Crippen LogP contribution in [0.1, 0.15) is 12.5 Å². The van der Waals surface area contributed by atoms with Crippen LogP contribution < -0.4 is 25.0 Å². The molecule has 33 heavy (non-hydrogen) atoms. The molecule has 164 valence electrons. The van der Waals surface area contributed by atoms with Crippen LogP contribution in [-0.2, 0) is 14.4 Å². The number of fused-ring (bicyclic) bond motifs is 1. The van der Waals surface area contributed by atoms with Crippen molar-refractivity contribution in [2.45, 2.75) is 6.92 Å². The number of hydrogen-bond acceptors (Lipinski definition) is 6. The second-order valence-electron chi connectivity index (χ2n) is 7.48. The SMILES string of the molecule is CC(=O)Nc1ccc(N2C(=O)C(Nc3ccc4c(c3)OCO4)=C(c3ccccc3)C2=O)cc1. The molecule has 0 aliphatic carbocycles. The summed E-state index contributed by atoms with van der Waals surface area (Å²) in [5.41, 5.74) is 2.61. The first-order valence-electron chi connectivity index (χ1n) is 10.2. The Balaban J connectivity index is 1.52. The molecule has 0 aromatic heterocycles. The van der Waals surface area contributed by atoms with E-state index in [1.807, 2.05) is 18.2 Å². The van der Waals surface area contributed by atoms with Gasteiger partial charge in [0.25, 0.3) is 11.8 Å². The maximum Gasteiger partial charge on any atom is 0.282 e. The van der Waals surface area contributed by atoms with Crippen LogP contribution in [0.3, 0.4) is 0 Å². The summed E-state index contributed by atoms with van der Waals surface area (Å²) in [6.45, 7) is 1.54. The molecule has 5 rings (SSSR count). The maximum atomic E-state index is 13.5. The number of nitrogens with zero attached hydrogens (tertiary/aromatic N) is 1. The highest BCUT2D eigenvalue weighted by Gasteiger charge is 2.40. The molecule has 8 heteroatoms. The average molecular weight is 441 g/mol. The van der Waals surface area contributed by atoms with Crippen molar-refractivity contribution in [1.29, 1.82) is 0 Å². The second kappa shape index (κ2) is 8.16. The van der Waals surface area contributed by atoms with Crippen molar-refractivity contribution in [2.75, 3.05) is 22.3 Å². The number of amides is 3. The van der Waals surface area contributed by atoms with Gasteiger partial charge in [-0.2, -0.15) is 0 Å². The fraction of sp³-hybridized carbons (Fsp3) is 0.0800. The summed E-state index contributed by atoms with van der Waals surface area (Å²) in [5.74, 6) is 0.0430. The van der Waals surface area contributed by atoms with E-state index in [1.165, 1.54) is 6.92 Å². The van der Waals surface area contributed by atoms with Crippen molar-refractivity contribution in [3.05, 3.63) is 84.1 Å². The van der Waals surface area contributed by atoms with Gasteiger partial charge in [-0.05, 0) is 42.0 Å². The van der Waals surface area contributed by atoms with E-state index in [-0.39, 0.29) is 24.0 Å². The number of benzene rings is 3. The largest absolute Gasteiger partial charge is 0.454 e. The molecule has 2 heterocycles. The minimum absolute atomic E-state index is 0.135. The summed E-state index contributed by atoms with van der Waals surface area (Å²) in [4.78, 5) is 39.3. The smallest absolute Gasteiger partial charge is 0.282 e. The second-order valence-corrected chi connectivity index (χ2v) is 7.48. The van der Waals surface area contributed by atoms with Crippen LogP contribution >= 0.6 is 0 Å². The maximum absolute atomic E-state index is 13.5. The first-order valence-corrected chi connectivity index (χ1v) is 10.2. The topological polar surface area (TPSA) is 97.0 Å². The predicted octanol–water partition coefficient (Wildman–Crippen LogP) is 3.77. The van der Waals surface area contributed by atoms with E-state index in [1.54, 1.807) is 54.6 Å². The Labute approximate surface area is 189 Å². The van der Waals surface area contributed by atoms with E-state index >= 15 is 0 Å². The molecule has 0 saturated heterocycles. The van der Waals surface area contributed by atoms with Crippen LogP contribution in [0.4, 0.5) is 17.1 Å². The molecule has 2 aliphatic rings. The van der Waals surface area contributed by atoms with Gasteiger partial charge in [0, 0.05) is 24.4 Å². The summed E-state index contributed by atoms with van der Waals surface area (Å²) >= 11 is 0. The number of hydrogen-bond donors (Lipinski definition) is 2. The monoisotopic (exact) mass is 441 g/mol. The molecular weight excluding hydrogens is 422 g/mol. The lowest BCUT2D eigenvalue weighted by atomic mass is 10.0. The molecule has 0 fully saturated rings. The Morgan fingerprint density at radius 1 is 0.848 bits per heavy atom. The fourth-order valence-corrected chi connectivity index (χ4v) is 3.77. The van der Waals surface area contributed by atoms with Crippen LogP contribution in [0, 0.1) is 0 Å².